The molecule has 5 nitrogen and oxygen atoms in total. The van der Waals surface area contributed by atoms with Gasteiger partial charge in [-0.1, -0.05) is 0 Å². The van der Waals surface area contributed by atoms with E-state index in [9.17, 15) is 5.11 Å². The first-order valence-corrected chi connectivity index (χ1v) is 5.82. The van der Waals surface area contributed by atoms with Gasteiger partial charge in [-0.15, -0.1) is 0 Å². The third kappa shape index (κ3) is 3.07. The highest BCUT2D eigenvalue weighted by Gasteiger charge is 2.10. The van der Waals surface area contributed by atoms with Crippen molar-refractivity contribution in [2.45, 2.75) is 6.54 Å². The summed E-state index contributed by atoms with van der Waals surface area (Å²) in [4.78, 5) is 3.97. The van der Waals surface area contributed by atoms with E-state index in [4.69, 9.17) is 9.47 Å². The second-order valence-electron chi connectivity index (χ2n) is 3.94. The van der Waals surface area contributed by atoms with Crippen molar-refractivity contribution >= 4 is 5.69 Å². The summed E-state index contributed by atoms with van der Waals surface area (Å²) >= 11 is 0. The SMILES string of the molecule is COc1cc(NCc2ccncc2)cc(OC)c1O. The van der Waals surface area contributed by atoms with Gasteiger partial charge in [0.1, 0.15) is 0 Å². The van der Waals surface area contributed by atoms with Crippen LogP contribution in [0.25, 0.3) is 0 Å². The van der Waals surface area contributed by atoms with Crippen LogP contribution in [0.5, 0.6) is 17.2 Å². The van der Waals surface area contributed by atoms with Crippen LogP contribution in [0.4, 0.5) is 5.69 Å². The number of phenolic OH excluding ortho intramolecular Hbond substituents is 1. The summed E-state index contributed by atoms with van der Waals surface area (Å²) in [6.07, 6.45) is 3.49. The molecular weight excluding hydrogens is 244 g/mol. The molecule has 2 N–H and O–H groups in total. The quantitative estimate of drug-likeness (QED) is 0.808. The lowest BCUT2D eigenvalue weighted by atomic mass is 10.2. The lowest BCUT2D eigenvalue weighted by Gasteiger charge is -2.12. The van der Waals surface area contributed by atoms with Crippen molar-refractivity contribution in [2.24, 2.45) is 0 Å². The van der Waals surface area contributed by atoms with E-state index in [2.05, 4.69) is 10.3 Å². The van der Waals surface area contributed by atoms with Gasteiger partial charge in [-0.25, -0.2) is 0 Å². The number of anilines is 1. The van der Waals surface area contributed by atoms with Crippen LogP contribution in [0, 0.1) is 0 Å². The zero-order valence-electron chi connectivity index (χ0n) is 10.9. The predicted octanol–water partition coefficient (Wildman–Crippen LogP) is 2.42. The number of pyridine rings is 1. The molecule has 2 aromatic rings. The highest BCUT2D eigenvalue weighted by atomic mass is 16.5. The highest BCUT2D eigenvalue weighted by Crippen LogP contribution is 2.38. The van der Waals surface area contributed by atoms with E-state index in [0.717, 1.165) is 11.3 Å². The molecule has 100 valence electrons. The van der Waals surface area contributed by atoms with Crippen molar-refractivity contribution < 1.29 is 14.6 Å². The minimum absolute atomic E-state index is 0.000499. The molecule has 19 heavy (non-hydrogen) atoms. The van der Waals surface area contributed by atoms with Crippen molar-refractivity contribution in [1.82, 2.24) is 4.98 Å². The number of rotatable bonds is 5. The van der Waals surface area contributed by atoms with Gasteiger partial charge < -0.3 is 19.9 Å². The number of phenols is 1. The first kappa shape index (κ1) is 13.0. The second kappa shape index (κ2) is 5.95. The Morgan fingerprint density at radius 1 is 1.11 bits per heavy atom. The van der Waals surface area contributed by atoms with Gasteiger partial charge in [0.15, 0.2) is 11.5 Å². The fraction of sp³-hybridized carbons (Fsp3) is 0.214. The van der Waals surface area contributed by atoms with E-state index in [-0.39, 0.29) is 5.75 Å². The van der Waals surface area contributed by atoms with Gasteiger partial charge in [0.25, 0.3) is 0 Å². The van der Waals surface area contributed by atoms with E-state index in [1.54, 1.807) is 24.5 Å². The van der Waals surface area contributed by atoms with Gasteiger partial charge >= 0.3 is 0 Å². The Morgan fingerprint density at radius 3 is 2.21 bits per heavy atom. The number of ether oxygens (including phenoxy) is 2. The van der Waals surface area contributed by atoms with Gasteiger partial charge in [-0.3, -0.25) is 4.98 Å². The minimum Gasteiger partial charge on any atom is -0.502 e. The molecule has 0 atom stereocenters. The van der Waals surface area contributed by atoms with Crippen LogP contribution in [0.1, 0.15) is 5.56 Å². The Balaban J connectivity index is 2.16. The number of hydrogen-bond acceptors (Lipinski definition) is 5. The molecule has 0 radical (unpaired) electrons. The van der Waals surface area contributed by atoms with Crippen molar-refractivity contribution in [1.29, 1.82) is 0 Å². The van der Waals surface area contributed by atoms with Crippen LogP contribution in [-0.2, 0) is 6.54 Å². The average Bonchev–Trinajstić information content (AvgIpc) is 2.47. The Labute approximate surface area is 111 Å². The van der Waals surface area contributed by atoms with E-state index < -0.39 is 0 Å². The smallest absolute Gasteiger partial charge is 0.200 e. The number of aromatic nitrogens is 1. The molecule has 1 aromatic heterocycles. The summed E-state index contributed by atoms with van der Waals surface area (Å²) in [7, 11) is 3.00. The fourth-order valence-electron chi connectivity index (χ4n) is 1.70. The van der Waals surface area contributed by atoms with E-state index >= 15 is 0 Å². The first-order chi connectivity index (χ1) is 9.24. The lowest BCUT2D eigenvalue weighted by molar-refractivity contribution is 0.340. The van der Waals surface area contributed by atoms with Crippen molar-refractivity contribution in [3.8, 4) is 17.2 Å². The van der Waals surface area contributed by atoms with Crippen molar-refractivity contribution in [3.05, 3.63) is 42.2 Å². The largest absolute Gasteiger partial charge is 0.502 e. The summed E-state index contributed by atoms with van der Waals surface area (Å²) in [5, 5.41) is 13.1. The van der Waals surface area contributed by atoms with Crippen molar-refractivity contribution in [3.63, 3.8) is 0 Å². The van der Waals surface area contributed by atoms with Crippen LogP contribution < -0.4 is 14.8 Å². The van der Waals surface area contributed by atoms with Gasteiger partial charge in [-0.05, 0) is 17.7 Å². The van der Waals surface area contributed by atoms with Crippen LogP contribution >= 0.6 is 0 Å². The molecule has 1 aromatic carbocycles. The molecule has 0 amide bonds. The monoisotopic (exact) mass is 260 g/mol. The van der Waals surface area contributed by atoms with Gasteiger partial charge in [-0.2, -0.15) is 0 Å². The standard InChI is InChI=1S/C14H16N2O3/c1-18-12-7-11(8-13(19-2)14(12)17)16-9-10-3-5-15-6-4-10/h3-8,16-17H,9H2,1-2H3. The third-order valence-corrected chi connectivity index (χ3v) is 2.73. The zero-order valence-corrected chi connectivity index (χ0v) is 10.9. The number of benzene rings is 1. The van der Waals surface area contributed by atoms with Crippen LogP contribution in [0.3, 0.4) is 0 Å². The maximum absolute atomic E-state index is 9.81. The molecule has 0 unspecified atom stereocenters. The summed E-state index contributed by atoms with van der Waals surface area (Å²) in [5.74, 6) is 0.743. The van der Waals surface area contributed by atoms with Crippen LogP contribution in [0.2, 0.25) is 0 Å². The first-order valence-electron chi connectivity index (χ1n) is 5.82. The predicted molar refractivity (Wildman–Crippen MR) is 72.8 cm³/mol. The summed E-state index contributed by atoms with van der Waals surface area (Å²) in [6, 6.07) is 7.31. The summed E-state index contributed by atoms with van der Waals surface area (Å²) in [6.45, 7) is 0.652. The zero-order chi connectivity index (χ0) is 13.7. The number of aromatic hydroxyl groups is 1. The number of nitrogens with zero attached hydrogens (tertiary/aromatic N) is 1. The van der Waals surface area contributed by atoms with Gasteiger partial charge in [0.2, 0.25) is 5.75 Å². The van der Waals surface area contributed by atoms with E-state index in [0.29, 0.717) is 18.0 Å². The molecule has 0 aliphatic heterocycles. The lowest BCUT2D eigenvalue weighted by Crippen LogP contribution is -2.00. The average molecular weight is 260 g/mol. The molecule has 5 heteroatoms. The number of hydrogen-bond donors (Lipinski definition) is 2. The molecule has 0 fully saturated rings. The molecule has 0 aliphatic carbocycles. The Morgan fingerprint density at radius 2 is 1.68 bits per heavy atom. The number of methoxy groups -OCH3 is 2. The van der Waals surface area contributed by atoms with Gasteiger partial charge in [0, 0.05) is 36.8 Å². The maximum Gasteiger partial charge on any atom is 0.200 e. The topological polar surface area (TPSA) is 63.6 Å². The van der Waals surface area contributed by atoms with Crippen LogP contribution in [-0.4, -0.2) is 24.3 Å². The van der Waals surface area contributed by atoms with E-state index in [1.807, 2.05) is 12.1 Å². The Kier molecular flexibility index (Phi) is 4.07. The highest BCUT2D eigenvalue weighted by molar-refractivity contribution is 5.61. The summed E-state index contributed by atoms with van der Waals surface area (Å²) < 4.78 is 10.2. The maximum atomic E-state index is 9.81. The molecule has 2 rings (SSSR count). The normalized spacial score (nSPS) is 10.0. The molecule has 1 heterocycles. The molecule has 0 bridgehead atoms. The Bertz CT molecular complexity index is 519. The third-order valence-electron chi connectivity index (χ3n) is 2.73. The Hall–Kier alpha value is -2.43. The van der Waals surface area contributed by atoms with Gasteiger partial charge in [0.05, 0.1) is 14.2 Å². The summed E-state index contributed by atoms with van der Waals surface area (Å²) in [5.41, 5.74) is 1.92. The number of nitrogens with one attached hydrogen (secondary N) is 1. The second-order valence-corrected chi connectivity index (χ2v) is 3.94. The van der Waals surface area contributed by atoms with Crippen LogP contribution in [0.15, 0.2) is 36.7 Å². The fourth-order valence-corrected chi connectivity index (χ4v) is 1.70. The molecule has 0 saturated carbocycles. The molecular formula is C14H16N2O3. The van der Waals surface area contributed by atoms with E-state index in [1.165, 1.54) is 14.2 Å². The molecule has 0 aliphatic rings. The molecule has 0 saturated heterocycles. The minimum atomic E-state index is -0.000499. The molecule has 0 spiro atoms. The van der Waals surface area contributed by atoms with Crippen molar-refractivity contribution in [2.75, 3.05) is 19.5 Å².